The maximum Gasteiger partial charge on any atom is 0.303 e. The van der Waals surface area contributed by atoms with E-state index in [0.29, 0.717) is 0 Å². The van der Waals surface area contributed by atoms with Crippen molar-refractivity contribution in [1.82, 2.24) is 5.32 Å². The first-order valence-electron chi connectivity index (χ1n) is 13.4. The Kier molecular flexibility index (Phi) is 13.4. The summed E-state index contributed by atoms with van der Waals surface area (Å²) in [5.41, 5.74) is 0. The van der Waals surface area contributed by atoms with E-state index in [4.69, 9.17) is 42.6 Å². The maximum atomic E-state index is 12.2. The number of esters is 6. The second kappa shape index (κ2) is 16.3. The minimum atomic E-state index is -1.96. The molecule has 44 heavy (non-hydrogen) atoms. The van der Waals surface area contributed by atoms with Crippen LogP contribution in [0.1, 0.15) is 48.5 Å². The van der Waals surface area contributed by atoms with E-state index in [1.165, 1.54) is 0 Å². The van der Waals surface area contributed by atoms with E-state index < -0.39 is 116 Å². The molecule has 0 aromatic rings. The first-order valence-corrected chi connectivity index (χ1v) is 13.4. The Balaban J connectivity index is 2.59. The van der Waals surface area contributed by atoms with E-state index in [1.807, 2.05) is 0 Å². The summed E-state index contributed by atoms with van der Waals surface area (Å²) < 4.78 is 48.9. The zero-order chi connectivity index (χ0) is 33.3. The van der Waals surface area contributed by atoms with Gasteiger partial charge in [-0.15, -0.1) is 0 Å². The topological polar surface area (TPSA) is 235 Å². The number of rotatable bonds is 11. The highest BCUT2D eigenvalue weighted by atomic mass is 16.7. The van der Waals surface area contributed by atoms with E-state index in [0.717, 1.165) is 48.5 Å². The van der Waals surface area contributed by atoms with E-state index in [1.54, 1.807) is 0 Å². The average molecular weight is 636 g/mol. The minimum Gasteiger partial charge on any atom is -0.463 e. The third-order valence-electron chi connectivity index (χ3n) is 6.03. The Hall–Kier alpha value is -3.87. The Morgan fingerprint density at radius 1 is 0.568 bits per heavy atom. The van der Waals surface area contributed by atoms with Gasteiger partial charge in [0.25, 0.3) is 0 Å². The van der Waals surface area contributed by atoms with Gasteiger partial charge in [-0.25, -0.2) is 0 Å². The number of nitrogens with one attached hydrogen (secondary N) is 1. The Morgan fingerprint density at radius 3 is 1.41 bits per heavy atom. The Bertz CT molecular complexity index is 1090. The molecular formula is C26H37NO17. The first-order chi connectivity index (χ1) is 20.5. The van der Waals surface area contributed by atoms with Crippen molar-refractivity contribution in [1.29, 1.82) is 0 Å². The summed E-state index contributed by atoms with van der Waals surface area (Å²) in [6.07, 6.45) is -14.2. The molecule has 18 heteroatoms. The fraction of sp³-hybridized carbons (Fsp3) is 0.731. The summed E-state index contributed by atoms with van der Waals surface area (Å²) in [5, 5.41) is 13.5. The van der Waals surface area contributed by atoms with Crippen LogP contribution in [0, 0.1) is 0 Å². The zero-order valence-electron chi connectivity index (χ0n) is 25.2. The molecule has 2 aliphatic rings. The highest BCUT2D eigenvalue weighted by Gasteiger charge is 2.56. The fourth-order valence-electron chi connectivity index (χ4n) is 4.60. The van der Waals surface area contributed by atoms with Crippen LogP contribution in [-0.2, 0) is 76.2 Å². The molecule has 2 N–H and O–H groups in total. The zero-order valence-corrected chi connectivity index (χ0v) is 25.2. The van der Waals surface area contributed by atoms with Crippen molar-refractivity contribution in [2.75, 3.05) is 13.2 Å². The largest absolute Gasteiger partial charge is 0.463 e. The van der Waals surface area contributed by atoms with Crippen molar-refractivity contribution in [3.63, 3.8) is 0 Å². The van der Waals surface area contributed by atoms with Gasteiger partial charge in [-0.05, 0) is 0 Å². The molecule has 2 saturated heterocycles. The van der Waals surface area contributed by atoms with Gasteiger partial charge in [-0.2, -0.15) is 0 Å². The van der Waals surface area contributed by atoms with Crippen LogP contribution in [0.15, 0.2) is 0 Å². The highest BCUT2D eigenvalue weighted by Crippen LogP contribution is 2.33. The van der Waals surface area contributed by atoms with Crippen LogP contribution in [0.4, 0.5) is 0 Å². The number of carbonyl (C=O) groups excluding carboxylic acids is 7. The summed E-state index contributed by atoms with van der Waals surface area (Å²) in [7, 11) is 0. The van der Waals surface area contributed by atoms with Gasteiger partial charge in [-0.3, -0.25) is 33.6 Å². The quantitative estimate of drug-likeness (QED) is 0.188. The molecule has 0 aromatic heterocycles. The van der Waals surface area contributed by atoms with Crippen LogP contribution in [-0.4, -0.2) is 121 Å². The van der Waals surface area contributed by atoms with E-state index in [2.05, 4.69) is 5.32 Å². The SMILES string of the molecule is CC(=O)N[C@H]1[C@H](O[C@H]2[C@@H](OC(C)=O)[C@H](OC(C)=O)[C@@H](COC(C)=O)O[C@@H]2O)O[C@H](COC(C)=O)[C@@H](OC(C)=O)[C@@H]1OC(C)=O. The van der Waals surface area contributed by atoms with Gasteiger partial charge in [0, 0.05) is 48.5 Å². The number of aliphatic hydroxyl groups is 1. The number of hydrogen-bond donors (Lipinski definition) is 2. The minimum absolute atomic E-state index is 0.522. The molecule has 0 bridgehead atoms. The van der Waals surface area contributed by atoms with Gasteiger partial charge in [-0.1, -0.05) is 0 Å². The number of ether oxygens (including phenoxy) is 9. The summed E-state index contributed by atoms with van der Waals surface area (Å²) in [6.45, 7) is 6.43. The van der Waals surface area contributed by atoms with E-state index in [-0.39, 0.29) is 0 Å². The summed E-state index contributed by atoms with van der Waals surface area (Å²) in [4.78, 5) is 83.5. The standard InChI is InChI=1S/C26H37NO17/c1-10(28)27-19-22(40-15(6)33)20(38-13(4)31)18(9-37-12(3)30)43-26(19)44-24-23(41-16(7)34)21(39-14(5)32)17(42-25(24)35)8-36-11(2)29/h17-26,35H,8-9H2,1-7H3,(H,27,28)/t17-,18-,19-,20-,21-,22-,23+,24+,25+,26+/m1/s1. The molecule has 1 amide bonds. The van der Waals surface area contributed by atoms with Crippen LogP contribution in [0.2, 0.25) is 0 Å². The smallest absolute Gasteiger partial charge is 0.303 e. The van der Waals surface area contributed by atoms with Crippen LogP contribution >= 0.6 is 0 Å². The lowest BCUT2D eigenvalue weighted by molar-refractivity contribution is -0.349. The molecule has 0 radical (unpaired) electrons. The number of hydrogen-bond acceptors (Lipinski definition) is 17. The molecule has 248 valence electrons. The summed E-state index contributed by atoms with van der Waals surface area (Å²) in [6, 6.07) is -1.45. The molecule has 2 rings (SSSR count). The second-order valence-corrected chi connectivity index (χ2v) is 9.84. The lowest BCUT2D eigenvalue weighted by atomic mass is 9.95. The van der Waals surface area contributed by atoms with Gasteiger partial charge in [0.1, 0.15) is 31.5 Å². The molecule has 2 fully saturated rings. The van der Waals surface area contributed by atoms with Crippen LogP contribution in [0.3, 0.4) is 0 Å². The van der Waals surface area contributed by atoms with Crippen molar-refractivity contribution >= 4 is 41.7 Å². The molecule has 0 aromatic carbocycles. The fourth-order valence-corrected chi connectivity index (χ4v) is 4.60. The number of aliphatic hydroxyl groups excluding tert-OH is 1. The third kappa shape index (κ3) is 10.7. The molecular weight excluding hydrogens is 598 g/mol. The predicted octanol–water partition coefficient (Wildman–Crippen LogP) is -1.83. The van der Waals surface area contributed by atoms with Crippen LogP contribution < -0.4 is 5.32 Å². The highest BCUT2D eigenvalue weighted by molar-refractivity contribution is 5.74. The molecule has 0 aliphatic carbocycles. The average Bonchev–Trinajstić information content (AvgIpc) is 2.87. The first kappa shape index (κ1) is 36.3. The maximum absolute atomic E-state index is 12.2. The van der Waals surface area contributed by atoms with Gasteiger partial charge in [0.2, 0.25) is 5.91 Å². The second-order valence-electron chi connectivity index (χ2n) is 9.84. The number of carbonyl (C=O) groups is 7. The molecule has 10 atom stereocenters. The van der Waals surface area contributed by atoms with Crippen molar-refractivity contribution in [3.05, 3.63) is 0 Å². The molecule has 2 heterocycles. The van der Waals surface area contributed by atoms with Crippen molar-refractivity contribution < 1.29 is 81.3 Å². The van der Waals surface area contributed by atoms with E-state index in [9.17, 15) is 38.7 Å². The molecule has 18 nitrogen and oxygen atoms in total. The summed E-state index contributed by atoms with van der Waals surface area (Å²) >= 11 is 0. The molecule has 0 unspecified atom stereocenters. The van der Waals surface area contributed by atoms with E-state index >= 15 is 0 Å². The Morgan fingerprint density at radius 2 is 0.977 bits per heavy atom. The molecule has 0 spiro atoms. The van der Waals surface area contributed by atoms with Crippen LogP contribution in [0.25, 0.3) is 0 Å². The normalized spacial score (nSPS) is 31.5. The van der Waals surface area contributed by atoms with Gasteiger partial charge >= 0.3 is 35.8 Å². The Labute approximate surface area is 251 Å². The predicted molar refractivity (Wildman–Crippen MR) is 138 cm³/mol. The third-order valence-corrected chi connectivity index (χ3v) is 6.03. The van der Waals surface area contributed by atoms with Crippen LogP contribution in [0.5, 0.6) is 0 Å². The molecule has 0 saturated carbocycles. The van der Waals surface area contributed by atoms with Gasteiger partial charge in [0.15, 0.2) is 43.1 Å². The number of amides is 1. The van der Waals surface area contributed by atoms with Crippen molar-refractivity contribution in [2.24, 2.45) is 0 Å². The lowest BCUT2D eigenvalue weighted by Crippen LogP contribution is -2.69. The van der Waals surface area contributed by atoms with Crippen molar-refractivity contribution in [3.8, 4) is 0 Å². The monoisotopic (exact) mass is 635 g/mol. The van der Waals surface area contributed by atoms with Gasteiger partial charge < -0.3 is 53.1 Å². The van der Waals surface area contributed by atoms with Crippen molar-refractivity contribution in [2.45, 2.75) is 110 Å². The van der Waals surface area contributed by atoms with Gasteiger partial charge in [0.05, 0.1) is 0 Å². The lowest BCUT2D eigenvalue weighted by Gasteiger charge is -2.48. The summed E-state index contributed by atoms with van der Waals surface area (Å²) in [5.74, 6) is -5.60. The molecule has 2 aliphatic heterocycles.